The van der Waals surface area contributed by atoms with E-state index in [-0.39, 0.29) is 31.1 Å². The van der Waals surface area contributed by atoms with Crippen molar-refractivity contribution < 1.29 is 45.5 Å². The first-order chi connectivity index (χ1) is 5.65. The average molecular weight is 474 g/mol. The van der Waals surface area contributed by atoms with Crippen LogP contribution in [-0.4, -0.2) is 24.3 Å². The van der Waals surface area contributed by atoms with Crippen LogP contribution < -0.4 is 0 Å². The third kappa shape index (κ3) is 3.74. The summed E-state index contributed by atoms with van der Waals surface area (Å²) in [6.07, 6.45) is -0.874. The van der Waals surface area contributed by atoms with Gasteiger partial charge in [0.25, 0.3) is 0 Å². The number of hydrogen-bond donors (Lipinski definition) is 1. The van der Waals surface area contributed by atoms with Crippen LogP contribution in [-0.2, 0) is 4.84 Å². The van der Waals surface area contributed by atoms with Crippen LogP contribution in [0.2, 0.25) is 0 Å². The van der Waals surface area contributed by atoms with Crippen LogP contribution >= 0.6 is 15.9 Å². The molecule has 13 heavy (non-hydrogen) atoms. The average Bonchev–Trinajstić information content (AvgIpc) is 2.49. The Hall–Kier alpha value is 0.692. The molecule has 6 heteroatoms. The maximum absolute atomic E-state index is 9.49. The first-order valence-electron chi connectivity index (χ1n) is 3.35. The minimum Gasteiger partial charge on any atom is -0.450 e. The molecule has 1 N–H and O–H groups in total. The van der Waals surface area contributed by atoms with Gasteiger partial charge in [0.2, 0.25) is 0 Å². The number of furan rings is 1. The van der Waals surface area contributed by atoms with E-state index in [4.69, 9.17) is 9.25 Å². The van der Waals surface area contributed by atoms with Crippen LogP contribution in [0.3, 0.4) is 0 Å². The van der Waals surface area contributed by atoms with Crippen molar-refractivity contribution in [3.8, 4) is 0 Å². The van der Waals surface area contributed by atoms with Crippen LogP contribution in [0.4, 0.5) is 0 Å². The fourth-order valence-electron chi connectivity index (χ4n) is 0.746. The van der Waals surface area contributed by atoms with Gasteiger partial charge in [-0.25, -0.2) is 0 Å². The SMILES string of the molecule is CON(C)C(O)c1ccc(Br)o1.[U]. The quantitative estimate of drug-likeness (QED) is 0.534. The van der Waals surface area contributed by atoms with E-state index in [0.717, 1.165) is 0 Å². The van der Waals surface area contributed by atoms with Crippen molar-refractivity contribution in [1.29, 1.82) is 0 Å². The topological polar surface area (TPSA) is 45.8 Å². The summed E-state index contributed by atoms with van der Waals surface area (Å²) in [5, 5.41) is 10.8. The van der Waals surface area contributed by atoms with Crippen molar-refractivity contribution in [1.82, 2.24) is 5.06 Å². The van der Waals surface area contributed by atoms with E-state index in [1.807, 2.05) is 0 Å². The normalized spacial score (nSPS) is 12.7. The zero-order valence-electron chi connectivity index (χ0n) is 7.32. The van der Waals surface area contributed by atoms with Gasteiger partial charge in [0.1, 0.15) is 0 Å². The van der Waals surface area contributed by atoms with Gasteiger partial charge in [-0.2, -0.15) is 5.06 Å². The zero-order valence-corrected chi connectivity index (χ0v) is 13.1. The smallest absolute Gasteiger partial charge is 0.188 e. The minimum absolute atomic E-state index is 0. The van der Waals surface area contributed by atoms with Crippen LogP contribution in [0.15, 0.2) is 21.2 Å². The maximum atomic E-state index is 9.49. The molecule has 1 unspecified atom stereocenters. The summed E-state index contributed by atoms with van der Waals surface area (Å²) in [6.45, 7) is 0. The Bertz CT molecular complexity index is 256. The maximum Gasteiger partial charge on any atom is 0.188 e. The molecule has 4 nitrogen and oxygen atoms in total. The molecule has 0 bridgehead atoms. The summed E-state index contributed by atoms with van der Waals surface area (Å²) in [4.78, 5) is 4.78. The Balaban J connectivity index is 0.00000144. The summed E-state index contributed by atoms with van der Waals surface area (Å²) in [5.74, 6) is 0.436. The van der Waals surface area contributed by atoms with E-state index >= 15 is 0 Å². The molecule has 0 aliphatic carbocycles. The van der Waals surface area contributed by atoms with Gasteiger partial charge in [0.15, 0.2) is 16.7 Å². The zero-order chi connectivity index (χ0) is 9.14. The number of rotatable bonds is 3. The van der Waals surface area contributed by atoms with Crippen LogP contribution in [0, 0.1) is 31.1 Å². The van der Waals surface area contributed by atoms with Gasteiger partial charge in [0.05, 0.1) is 7.11 Å². The molecule has 72 valence electrons. The van der Waals surface area contributed by atoms with Crippen LogP contribution in [0.5, 0.6) is 0 Å². The van der Waals surface area contributed by atoms with Gasteiger partial charge >= 0.3 is 0 Å². The summed E-state index contributed by atoms with van der Waals surface area (Å²) < 4.78 is 5.70. The molecule has 0 saturated heterocycles. The number of halogens is 1. The monoisotopic (exact) mass is 473 g/mol. The van der Waals surface area contributed by atoms with Gasteiger partial charge in [0, 0.05) is 38.2 Å². The number of hydroxylamine groups is 2. The molecule has 1 rings (SSSR count). The summed E-state index contributed by atoms with van der Waals surface area (Å²) in [7, 11) is 3.09. The molecule has 0 radical (unpaired) electrons. The molecular formula is C7H10BrNO3U. The van der Waals surface area contributed by atoms with Crippen LogP contribution in [0.1, 0.15) is 12.0 Å². The van der Waals surface area contributed by atoms with Crippen molar-refractivity contribution in [2.24, 2.45) is 0 Å². The summed E-state index contributed by atoms with van der Waals surface area (Å²) in [5.41, 5.74) is 0. The Morgan fingerprint density at radius 2 is 2.23 bits per heavy atom. The van der Waals surface area contributed by atoms with Gasteiger partial charge in [-0.15, -0.1) is 0 Å². The largest absolute Gasteiger partial charge is 0.450 e. The van der Waals surface area contributed by atoms with Crippen molar-refractivity contribution in [3.05, 3.63) is 22.6 Å². The fourth-order valence-corrected chi connectivity index (χ4v) is 1.07. The van der Waals surface area contributed by atoms with Crippen LogP contribution in [0.25, 0.3) is 0 Å². The molecule has 0 fully saturated rings. The van der Waals surface area contributed by atoms with E-state index in [0.29, 0.717) is 10.4 Å². The van der Waals surface area contributed by atoms with E-state index in [1.54, 1.807) is 19.2 Å². The number of aliphatic hydroxyl groups excluding tert-OH is 1. The molecule has 0 aliphatic rings. The number of aliphatic hydroxyl groups is 1. The third-order valence-corrected chi connectivity index (χ3v) is 1.91. The molecule has 0 saturated carbocycles. The molecule has 0 amide bonds. The van der Waals surface area contributed by atoms with Gasteiger partial charge in [-0.1, -0.05) is 0 Å². The second-order valence-electron chi connectivity index (χ2n) is 2.24. The number of nitrogens with zero attached hydrogens (tertiary/aromatic N) is 1. The van der Waals surface area contributed by atoms with Crippen molar-refractivity contribution >= 4 is 15.9 Å². The molecular weight excluding hydrogens is 464 g/mol. The predicted octanol–water partition coefficient (Wildman–Crippen LogP) is 1.53. The second kappa shape index (κ2) is 6.23. The third-order valence-electron chi connectivity index (χ3n) is 1.48. The molecule has 0 aromatic carbocycles. The molecule has 1 heterocycles. The standard InChI is InChI=1S/C7H10BrNO3.U/c1-9(11-2)7(10)5-3-4-6(8)12-5;/h3-4,7,10H,1-2H3;. The number of hydrogen-bond acceptors (Lipinski definition) is 4. The molecule has 0 spiro atoms. The molecule has 1 aromatic heterocycles. The van der Waals surface area contributed by atoms with Gasteiger partial charge in [-0.05, 0) is 28.1 Å². The van der Waals surface area contributed by atoms with Gasteiger partial charge in [-0.3, -0.25) is 4.84 Å². The van der Waals surface area contributed by atoms with E-state index < -0.39 is 6.23 Å². The molecule has 0 aliphatic heterocycles. The minimum atomic E-state index is -0.874. The molecule has 1 aromatic rings. The van der Waals surface area contributed by atoms with Crippen molar-refractivity contribution in [3.63, 3.8) is 0 Å². The van der Waals surface area contributed by atoms with Crippen molar-refractivity contribution in [2.45, 2.75) is 6.23 Å². The molecule has 1 atom stereocenters. The van der Waals surface area contributed by atoms with E-state index in [2.05, 4.69) is 15.9 Å². The Morgan fingerprint density at radius 3 is 2.62 bits per heavy atom. The van der Waals surface area contributed by atoms with E-state index in [1.165, 1.54) is 12.2 Å². The Labute approximate surface area is 109 Å². The Morgan fingerprint density at radius 1 is 1.62 bits per heavy atom. The summed E-state index contributed by atoms with van der Waals surface area (Å²) in [6, 6.07) is 3.38. The van der Waals surface area contributed by atoms with E-state index in [9.17, 15) is 5.11 Å². The first kappa shape index (κ1) is 13.7. The predicted molar refractivity (Wildman–Crippen MR) is 46.1 cm³/mol. The second-order valence-corrected chi connectivity index (χ2v) is 3.03. The first-order valence-corrected chi connectivity index (χ1v) is 4.14. The van der Waals surface area contributed by atoms with Crippen molar-refractivity contribution in [2.75, 3.05) is 14.2 Å². The Kier molecular flexibility index (Phi) is 6.56. The van der Waals surface area contributed by atoms with Gasteiger partial charge < -0.3 is 9.52 Å². The summed E-state index contributed by atoms with van der Waals surface area (Å²) >= 11 is 3.13. The fraction of sp³-hybridized carbons (Fsp3) is 0.429.